The molecule has 8 heteroatoms. The summed E-state index contributed by atoms with van der Waals surface area (Å²) in [5.41, 5.74) is 2.85. The fraction of sp³-hybridized carbons (Fsp3) is 0.0500. The molecule has 2 aliphatic heterocycles. The zero-order chi connectivity index (χ0) is 31.4. The van der Waals surface area contributed by atoms with Crippen LogP contribution < -0.4 is 0 Å². The van der Waals surface area contributed by atoms with Crippen molar-refractivity contribution in [3.05, 3.63) is 155 Å². The summed E-state index contributed by atoms with van der Waals surface area (Å²) < 4.78 is 0. The normalized spacial score (nSPS) is 17.0. The van der Waals surface area contributed by atoms with Gasteiger partial charge in [0, 0.05) is 33.0 Å². The molecule has 9 rings (SSSR count). The molecule has 2 radical (unpaired) electrons. The van der Waals surface area contributed by atoms with E-state index in [-0.39, 0.29) is 23.6 Å². The Morgan fingerprint density at radius 1 is 0.438 bits per heavy atom. The number of hydrogen-bond donors (Lipinski definition) is 0. The SMILES string of the molecule is C[C-]1C=CC=C(N2C(=O)c3ccc4c5ccc6c7c(ccc(c8ccc(c3c48)C2=O)c75)C(=O)N(C2=CC=C[C-](C)C=C2)C6=O)C=C1.[Lr].[Lr]. The topological polar surface area (TPSA) is 74.8 Å². The fourth-order valence-electron chi connectivity index (χ4n) is 7.29. The van der Waals surface area contributed by atoms with Gasteiger partial charge in [0.15, 0.2) is 0 Å². The number of nitrogens with zero attached hydrogens (tertiary/aromatic N) is 2. The van der Waals surface area contributed by atoms with Gasteiger partial charge in [-0.2, -0.15) is 48.3 Å². The third-order valence-corrected chi connectivity index (χ3v) is 9.44. The summed E-state index contributed by atoms with van der Waals surface area (Å²) in [5, 5.41) is 6.33. The van der Waals surface area contributed by atoms with E-state index < -0.39 is 0 Å². The van der Waals surface area contributed by atoms with Crippen LogP contribution in [0.4, 0.5) is 0 Å². The number of carbonyl (C=O) groups is 4. The molecule has 0 aromatic heterocycles. The van der Waals surface area contributed by atoms with Gasteiger partial charge in [-0.1, -0.05) is 38.1 Å². The van der Waals surface area contributed by atoms with Crippen LogP contribution in [0.15, 0.2) is 121 Å². The van der Waals surface area contributed by atoms with Crippen molar-refractivity contribution in [3.8, 4) is 0 Å². The number of imide groups is 2. The Labute approximate surface area is 263 Å². The molecule has 48 heavy (non-hydrogen) atoms. The van der Waals surface area contributed by atoms with Crippen LogP contribution in [0.5, 0.6) is 0 Å². The molecule has 6 nitrogen and oxygen atoms in total. The van der Waals surface area contributed by atoms with E-state index in [4.69, 9.17) is 0 Å². The maximum absolute atomic E-state index is 14.0. The van der Waals surface area contributed by atoms with Gasteiger partial charge in [0.25, 0.3) is 23.6 Å². The summed E-state index contributed by atoms with van der Waals surface area (Å²) in [4.78, 5) is 58.4. The molecule has 2 heterocycles. The summed E-state index contributed by atoms with van der Waals surface area (Å²) in [7, 11) is 0. The van der Waals surface area contributed by atoms with Crippen molar-refractivity contribution in [2.45, 2.75) is 13.8 Å². The Morgan fingerprint density at radius 3 is 1.06 bits per heavy atom. The van der Waals surface area contributed by atoms with E-state index in [0.717, 1.165) is 44.2 Å². The first-order valence-corrected chi connectivity index (χ1v) is 15.1. The standard InChI is InChI=1S/C40H24N2O4.2Lr/c1-21-5-3-7-23(11-9-21)41-37(43)29-17-13-25-27-15-19-31-36-32(40(46)42(39(31)45)24-8-4-6-22(2)10-12-24)20-16-28(34(27)36)26-14-18-30(38(41)44)35(29)33(25)26;;/h3-20H,1-2H3;;/q-2;;. The van der Waals surface area contributed by atoms with E-state index in [1.54, 1.807) is 48.6 Å². The molecule has 0 fully saturated rings. The van der Waals surface area contributed by atoms with Gasteiger partial charge in [-0.15, -0.1) is 24.3 Å². The maximum Gasteiger partial charge on any atom is 0.265 e. The number of benzene rings is 5. The predicted octanol–water partition coefficient (Wildman–Crippen LogP) is 8.14. The van der Waals surface area contributed by atoms with Crippen LogP contribution in [0.25, 0.3) is 43.1 Å². The first-order chi connectivity index (χ1) is 22.3. The Kier molecular flexibility index (Phi) is 5.77. The molecule has 0 bridgehead atoms. The molecule has 0 saturated carbocycles. The Balaban J connectivity index is 0.00000182. The van der Waals surface area contributed by atoms with Crippen LogP contribution in [0.3, 0.4) is 0 Å². The van der Waals surface area contributed by atoms with Crippen molar-refractivity contribution in [2.24, 2.45) is 0 Å². The van der Waals surface area contributed by atoms with Crippen molar-refractivity contribution in [2.75, 3.05) is 0 Å². The van der Waals surface area contributed by atoms with Gasteiger partial charge in [-0.25, -0.2) is 0 Å². The number of hydrogen-bond acceptors (Lipinski definition) is 4. The molecule has 4 aliphatic rings. The van der Waals surface area contributed by atoms with Crippen LogP contribution in [0, 0.1) is 11.8 Å². The number of allylic oxidation sites excluding steroid dienone is 10. The minimum absolute atomic E-state index is 0. The number of fused-ring (bicyclic) bond motifs is 2. The van der Waals surface area contributed by atoms with Gasteiger partial charge in [-0.05, 0) is 68.0 Å². The second-order valence-corrected chi connectivity index (χ2v) is 12.1. The maximum atomic E-state index is 14.0. The van der Waals surface area contributed by atoms with E-state index in [0.29, 0.717) is 44.4 Å². The summed E-state index contributed by atoms with van der Waals surface area (Å²) in [6, 6.07) is 14.8. The van der Waals surface area contributed by atoms with Crippen molar-refractivity contribution in [1.82, 2.24) is 9.80 Å². The second kappa shape index (κ2) is 9.68. The van der Waals surface area contributed by atoms with E-state index in [2.05, 4.69) is 0 Å². The molecule has 4 amide bonds. The molecular weight excluding hydrogens is 1100 g/mol. The zero-order valence-corrected chi connectivity index (χ0v) is 29.7. The number of carbonyl (C=O) groups excluding carboxylic acids is 4. The minimum atomic E-state index is -0.373. The monoisotopic (exact) mass is 1120 g/mol. The van der Waals surface area contributed by atoms with E-state index in [1.165, 1.54) is 9.80 Å². The molecule has 0 saturated heterocycles. The molecule has 0 unspecified atom stereocenters. The molecule has 0 spiro atoms. The van der Waals surface area contributed by atoms with Crippen molar-refractivity contribution < 1.29 is 19.2 Å². The van der Waals surface area contributed by atoms with Gasteiger partial charge in [-0.3, -0.25) is 29.0 Å². The molecule has 0 N–H and O–H groups in total. The Morgan fingerprint density at radius 2 is 0.750 bits per heavy atom. The zero-order valence-electron chi connectivity index (χ0n) is 25.4. The van der Waals surface area contributed by atoms with Crippen LogP contribution in [0.1, 0.15) is 55.3 Å². The van der Waals surface area contributed by atoms with Gasteiger partial charge in [0.05, 0.1) is 0 Å². The Hall–Kier alpha value is -8.14. The summed E-state index contributed by atoms with van der Waals surface area (Å²) in [6.45, 7) is 3.92. The quantitative estimate of drug-likeness (QED) is 0.0776. The summed E-state index contributed by atoms with van der Waals surface area (Å²) in [6.07, 6.45) is 18.4. The molecule has 5 aromatic rings. The van der Waals surface area contributed by atoms with Crippen molar-refractivity contribution in [3.63, 3.8) is 0 Å². The summed E-state index contributed by atoms with van der Waals surface area (Å²) >= 11 is 0. The van der Waals surface area contributed by atoms with E-state index in [1.807, 2.05) is 74.6 Å². The predicted molar refractivity (Wildman–Crippen MR) is 179 cm³/mol. The third kappa shape index (κ3) is 3.46. The van der Waals surface area contributed by atoms with Gasteiger partial charge < -0.3 is 0 Å². The summed E-state index contributed by atoms with van der Waals surface area (Å²) in [5.74, 6) is 0.537. The second-order valence-electron chi connectivity index (χ2n) is 12.1. The third-order valence-electron chi connectivity index (χ3n) is 9.44. The molecular formula is C40H24Lr2N2O4-2. The van der Waals surface area contributed by atoms with Crippen LogP contribution in [-0.2, 0) is 0 Å². The number of rotatable bonds is 2. The largest absolute Gasteiger partial charge is 0.268 e. The van der Waals surface area contributed by atoms with E-state index in [9.17, 15) is 19.2 Å². The van der Waals surface area contributed by atoms with Crippen molar-refractivity contribution >= 4 is 66.7 Å². The van der Waals surface area contributed by atoms with Crippen LogP contribution in [0.2, 0.25) is 0 Å². The average Bonchev–Trinajstić information content (AvgIpc) is 3.41. The minimum Gasteiger partial charge on any atom is -0.268 e. The van der Waals surface area contributed by atoms with Gasteiger partial charge >= 0.3 is 0 Å². The van der Waals surface area contributed by atoms with E-state index >= 15 is 0 Å². The first-order valence-electron chi connectivity index (χ1n) is 15.1. The smallest absolute Gasteiger partial charge is 0.265 e. The van der Waals surface area contributed by atoms with Gasteiger partial charge in [0.2, 0.25) is 0 Å². The molecule has 2 aliphatic carbocycles. The molecule has 0 atom stereocenters. The van der Waals surface area contributed by atoms with Gasteiger partial charge in [0.1, 0.15) is 0 Å². The van der Waals surface area contributed by atoms with Crippen LogP contribution in [-0.4, -0.2) is 33.4 Å². The number of amides is 4. The average molecular weight is 1120 g/mol. The molecule has 250 valence electrons. The molecule has 5 aromatic carbocycles. The fourth-order valence-corrected chi connectivity index (χ4v) is 7.29. The first kappa shape index (κ1) is 28.6. The van der Waals surface area contributed by atoms with Crippen molar-refractivity contribution in [1.29, 1.82) is 0 Å². The Bertz CT molecular complexity index is 2210. The van der Waals surface area contributed by atoms with Crippen LogP contribution >= 0.6 is 0 Å².